The predicted molar refractivity (Wildman–Crippen MR) is 183 cm³/mol. The number of nitrogens with zero attached hydrogens (tertiary/aromatic N) is 1. The molecular formula is C36H53FN4O5S. The van der Waals surface area contributed by atoms with E-state index >= 15 is 0 Å². The van der Waals surface area contributed by atoms with Crippen LogP contribution in [0.3, 0.4) is 0 Å². The summed E-state index contributed by atoms with van der Waals surface area (Å²) in [4.78, 5) is 45.5. The summed E-state index contributed by atoms with van der Waals surface area (Å²) in [6.07, 6.45) is 7.50. The molecule has 260 valence electrons. The van der Waals surface area contributed by atoms with E-state index in [2.05, 4.69) is 15.6 Å². The summed E-state index contributed by atoms with van der Waals surface area (Å²) in [5.41, 5.74) is 7.52. The van der Waals surface area contributed by atoms with Gasteiger partial charge in [0.15, 0.2) is 11.5 Å². The molecule has 0 aliphatic heterocycles. The van der Waals surface area contributed by atoms with E-state index in [0.717, 1.165) is 53.9 Å². The molecule has 2 amide bonds. The third-order valence-corrected chi connectivity index (χ3v) is 10.4. The molecule has 1 unspecified atom stereocenters. The predicted octanol–water partition coefficient (Wildman–Crippen LogP) is 5.79. The lowest BCUT2D eigenvalue weighted by atomic mass is 9.77. The van der Waals surface area contributed by atoms with Crippen LogP contribution in [0.4, 0.5) is 4.39 Å². The standard InChI is InChI=1S/C36H53FN4O5S/c1-23-31(47-22-40-23)24-12-13-25(29(18-24)46-17-11-9-7-5-6-8-10-16-38)21-39-33(44)28-20-26(42)19-27(28)30(43)32(35(2,3)4)41-34(45)36(37)14-15-36/h12-13,18,22,26-28,32,42H,5-11,14-17,19-21,38H2,1-4H3,(H,39,44)(H,41,45)/t26-,27?,28+,32+/m1/s1. The van der Waals surface area contributed by atoms with Crippen LogP contribution in [0.1, 0.15) is 103 Å². The highest BCUT2D eigenvalue weighted by Gasteiger charge is 2.53. The number of amides is 2. The Kier molecular flexibility index (Phi) is 13.0. The number of hydrogen-bond acceptors (Lipinski definition) is 8. The van der Waals surface area contributed by atoms with E-state index in [1.807, 2.05) is 30.6 Å². The maximum absolute atomic E-state index is 14.5. The Labute approximate surface area is 282 Å². The number of carbonyl (C=O) groups excluding carboxylic acids is 3. The van der Waals surface area contributed by atoms with Crippen molar-refractivity contribution in [3.63, 3.8) is 0 Å². The van der Waals surface area contributed by atoms with Crippen molar-refractivity contribution in [3.05, 3.63) is 35.0 Å². The van der Waals surface area contributed by atoms with Crippen LogP contribution in [-0.4, -0.2) is 58.7 Å². The lowest BCUT2D eigenvalue weighted by Gasteiger charge is -2.33. The van der Waals surface area contributed by atoms with Crippen molar-refractivity contribution in [1.82, 2.24) is 15.6 Å². The van der Waals surface area contributed by atoms with Gasteiger partial charge in [-0.2, -0.15) is 0 Å². The summed E-state index contributed by atoms with van der Waals surface area (Å²) in [7, 11) is 0. The minimum atomic E-state index is -1.92. The molecule has 5 N–H and O–H groups in total. The summed E-state index contributed by atoms with van der Waals surface area (Å²) in [5, 5.41) is 16.2. The first-order valence-electron chi connectivity index (χ1n) is 17.2. The lowest BCUT2D eigenvalue weighted by molar-refractivity contribution is -0.138. The molecule has 47 heavy (non-hydrogen) atoms. The van der Waals surface area contributed by atoms with Gasteiger partial charge in [0.1, 0.15) is 5.75 Å². The number of nitrogens with two attached hydrogens (primary N) is 1. The number of aliphatic hydroxyl groups excluding tert-OH is 1. The van der Waals surface area contributed by atoms with Crippen molar-refractivity contribution < 1.29 is 28.6 Å². The zero-order chi connectivity index (χ0) is 34.2. The zero-order valence-electron chi connectivity index (χ0n) is 28.4. The number of aryl methyl sites for hydroxylation is 1. The number of thiazole rings is 1. The Morgan fingerprint density at radius 2 is 1.74 bits per heavy atom. The van der Waals surface area contributed by atoms with E-state index in [1.165, 1.54) is 19.3 Å². The van der Waals surface area contributed by atoms with E-state index in [0.29, 0.717) is 12.4 Å². The van der Waals surface area contributed by atoms with Crippen molar-refractivity contribution in [2.75, 3.05) is 13.2 Å². The van der Waals surface area contributed by atoms with Gasteiger partial charge in [-0.15, -0.1) is 11.3 Å². The molecule has 1 heterocycles. The molecule has 1 aromatic heterocycles. The average Bonchev–Trinajstić information content (AvgIpc) is 3.44. The number of benzene rings is 1. The number of ether oxygens (including phenoxy) is 1. The second-order valence-corrected chi connectivity index (χ2v) is 15.3. The minimum absolute atomic E-state index is 0.115. The highest BCUT2D eigenvalue weighted by Crippen LogP contribution is 2.41. The van der Waals surface area contributed by atoms with Gasteiger partial charge in [-0.25, -0.2) is 9.37 Å². The highest BCUT2D eigenvalue weighted by atomic mass is 32.1. The SMILES string of the molecule is Cc1ncsc1-c1ccc(CNC(=O)[C@H]2C[C@H](O)CC2C(=O)[C@H](NC(=O)C2(F)CC2)C(C)(C)C)c(OCCCCCCCCCN)c1. The second kappa shape index (κ2) is 16.5. The van der Waals surface area contributed by atoms with Gasteiger partial charge in [-0.05, 0) is 69.0 Å². The fraction of sp³-hybridized carbons (Fsp3) is 0.667. The maximum Gasteiger partial charge on any atom is 0.258 e. The average molecular weight is 673 g/mol. The molecule has 2 aliphatic rings. The van der Waals surface area contributed by atoms with Gasteiger partial charge >= 0.3 is 0 Å². The number of halogens is 1. The topological polar surface area (TPSA) is 144 Å². The van der Waals surface area contributed by atoms with Gasteiger partial charge in [0.25, 0.3) is 5.91 Å². The minimum Gasteiger partial charge on any atom is -0.493 e. The van der Waals surface area contributed by atoms with E-state index in [4.69, 9.17) is 10.5 Å². The van der Waals surface area contributed by atoms with Crippen LogP contribution in [0.15, 0.2) is 23.7 Å². The van der Waals surface area contributed by atoms with E-state index in [1.54, 1.807) is 32.1 Å². The first-order valence-corrected chi connectivity index (χ1v) is 18.1. The highest BCUT2D eigenvalue weighted by molar-refractivity contribution is 7.13. The Morgan fingerprint density at radius 1 is 1.09 bits per heavy atom. The zero-order valence-corrected chi connectivity index (χ0v) is 29.2. The molecule has 0 bridgehead atoms. The number of ketones is 1. The summed E-state index contributed by atoms with van der Waals surface area (Å²) >= 11 is 1.56. The number of unbranched alkanes of at least 4 members (excludes halogenated alkanes) is 6. The smallest absolute Gasteiger partial charge is 0.258 e. The lowest BCUT2D eigenvalue weighted by Crippen LogP contribution is -2.54. The molecule has 0 saturated heterocycles. The number of Topliss-reactive ketones (excluding diaryl/α,β-unsaturated/α-hetero) is 1. The first kappa shape index (κ1) is 36.9. The molecule has 2 saturated carbocycles. The Bertz CT molecular complexity index is 1370. The fourth-order valence-electron chi connectivity index (χ4n) is 6.32. The molecule has 1 aromatic carbocycles. The normalized spacial score (nSPS) is 20.9. The summed E-state index contributed by atoms with van der Waals surface area (Å²) in [5.74, 6) is -2.35. The summed E-state index contributed by atoms with van der Waals surface area (Å²) < 4.78 is 20.8. The Balaban J connectivity index is 1.41. The number of rotatable bonds is 18. The van der Waals surface area contributed by atoms with Gasteiger partial charge in [0.05, 0.1) is 40.8 Å². The molecule has 2 aliphatic carbocycles. The van der Waals surface area contributed by atoms with Gasteiger partial charge in [0.2, 0.25) is 5.91 Å². The maximum atomic E-state index is 14.5. The van der Waals surface area contributed by atoms with Crippen LogP contribution in [0.2, 0.25) is 0 Å². The first-order chi connectivity index (χ1) is 22.3. The Morgan fingerprint density at radius 3 is 2.36 bits per heavy atom. The summed E-state index contributed by atoms with van der Waals surface area (Å²) in [6.45, 7) is 8.87. The quantitative estimate of drug-likeness (QED) is 0.147. The molecule has 4 atom stereocenters. The molecule has 9 nitrogen and oxygen atoms in total. The molecule has 2 aromatic rings. The Hall–Kier alpha value is -2.89. The molecule has 0 radical (unpaired) electrons. The third kappa shape index (κ3) is 10.1. The number of aromatic nitrogens is 1. The van der Waals surface area contributed by atoms with Crippen molar-refractivity contribution in [2.24, 2.45) is 23.0 Å². The monoisotopic (exact) mass is 672 g/mol. The van der Waals surface area contributed by atoms with Crippen LogP contribution < -0.4 is 21.1 Å². The number of hydrogen-bond donors (Lipinski definition) is 4. The van der Waals surface area contributed by atoms with Gasteiger partial charge in [0, 0.05) is 18.0 Å². The second-order valence-electron chi connectivity index (χ2n) is 14.4. The summed E-state index contributed by atoms with van der Waals surface area (Å²) in [6, 6.07) is 4.95. The van der Waals surface area contributed by atoms with E-state index in [9.17, 15) is 23.9 Å². The van der Waals surface area contributed by atoms with Crippen LogP contribution in [-0.2, 0) is 20.9 Å². The van der Waals surface area contributed by atoms with Crippen LogP contribution in [0.25, 0.3) is 10.4 Å². The number of carbonyl (C=O) groups is 3. The van der Waals surface area contributed by atoms with E-state index < -0.39 is 41.0 Å². The fourth-order valence-corrected chi connectivity index (χ4v) is 7.12. The van der Waals surface area contributed by atoms with Gasteiger partial charge < -0.3 is 26.2 Å². The van der Waals surface area contributed by atoms with Crippen molar-refractivity contribution in [3.8, 4) is 16.2 Å². The molecule has 2 fully saturated rings. The van der Waals surface area contributed by atoms with Crippen molar-refractivity contribution in [1.29, 1.82) is 0 Å². The van der Waals surface area contributed by atoms with Gasteiger partial charge in [-0.1, -0.05) is 65.0 Å². The van der Waals surface area contributed by atoms with Gasteiger partial charge in [-0.3, -0.25) is 14.4 Å². The largest absolute Gasteiger partial charge is 0.493 e. The number of alkyl halides is 1. The van der Waals surface area contributed by atoms with Crippen LogP contribution in [0.5, 0.6) is 5.75 Å². The number of nitrogens with one attached hydrogen (secondary N) is 2. The van der Waals surface area contributed by atoms with Crippen LogP contribution >= 0.6 is 11.3 Å². The molecule has 11 heteroatoms. The molecule has 0 spiro atoms. The van der Waals surface area contributed by atoms with Crippen molar-refractivity contribution >= 4 is 28.9 Å². The van der Waals surface area contributed by atoms with Crippen LogP contribution in [0, 0.1) is 24.2 Å². The van der Waals surface area contributed by atoms with Crippen molar-refractivity contribution in [2.45, 2.75) is 123 Å². The molecule has 4 rings (SSSR count). The third-order valence-electron chi connectivity index (χ3n) is 9.40. The van der Waals surface area contributed by atoms with E-state index in [-0.39, 0.29) is 43.9 Å². The number of aliphatic hydroxyl groups is 1. The molecular weight excluding hydrogens is 619 g/mol.